The molecule has 0 aromatic heterocycles. The van der Waals surface area contributed by atoms with Gasteiger partial charge in [0.15, 0.2) is 0 Å². The zero-order valence-electron chi connectivity index (χ0n) is 10.3. The summed E-state index contributed by atoms with van der Waals surface area (Å²) in [6.07, 6.45) is 6.18. The SMILES string of the molecule is O=C(NCC1CCCCC1)c1cc(Cl)ccc1O. The number of benzene rings is 1. The average molecular weight is 268 g/mol. The Hall–Kier alpha value is -1.22. The van der Waals surface area contributed by atoms with Crippen LogP contribution in [0.4, 0.5) is 0 Å². The molecule has 1 aliphatic rings. The highest BCUT2D eigenvalue weighted by molar-refractivity contribution is 6.31. The minimum absolute atomic E-state index is 0.0273. The van der Waals surface area contributed by atoms with Crippen molar-refractivity contribution in [3.8, 4) is 5.75 Å². The van der Waals surface area contributed by atoms with Crippen molar-refractivity contribution in [2.24, 2.45) is 5.92 Å². The Balaban J connectivity index is 1.92. The number of halogens is 1. The molecule has 18 heavy (non-hydrogen) atoms. The van der Waals surface area contributed by atoms with Gasteiger partial charge < -0.3 is 10.4 Å². The molecule has 0 unspecified atom stereocenters. The summed E-state index contributed by atoms with van der Waals surface area (Å²) in [4.78, 5) is 11.9. The third-order valence-corrected chi connectivity index (χ3v) is 3.71. The van der Waals surface area contributed by atoms with Crippen molar-refractivity contribution < 1.29 is 9.90 Å². The number of phenols is 1. The van der Waals surface area contributed by atoms with Gasteiger partial charge in [-0.15, -0.1) is 0 Å². The van der Waals surface area contributed by atoms with Crippen LogP contribution in [0.25, 0.3) is 0 Å². The van der Waals surface area contributed by atoms with E-state index in [1.807, 2.05) is 0 Å². The van der Waals surface area contributed by atoms with Gasteiger partial charge in [0, 0.05) is 11.6 Å². The molecule has 1 aliphatic carbocycles. The number of hydrogen-bond donors (Lipinski definition) is 2. The van der Waals surface area contributed by atoms with Crippen molar-refractivity contribution in [2.75, 3.05) is 6.54 Å². The predicted octanol–water partition coefficient (Wildman–Crippen LogP) is 3.36. The van der Waals surface area contributed by atoms with Crippen molar-refractivity contribution in [1.29, 1.82) is 0 Å². The Bertz CT molecular complexity index is 428. The van der Waals surface area contributed by atoms with Crippen LogP contribution in [-0.4, -0.2) is 17.6 Å². The Morgan fingerprint density at radius 2 is 2.06 bits per heavy atom. The highest BCUT2D eigenvalue weighted by atomic mass is 35.5. The van der Waals surface area contributed by atoms with Crippen molar-refractivity contribution in [3.63, 3.8) is 0 Å². The highest BCUT2D eigenvalue weighted by Crippen LogP contribution is 2.24. The molecule has 1 saturated carbocycles. The molecule has 2 N–H and O–H groups in total. The third-order valence-electron chi connectivity index (χ3n) is 3.48. The predicted molar refractivity (Wildman–Crippen MR) is 72.0 cm³/mol. The summed E-state index contributed by atoms with van der Waals surface area (Å²) in [6, 6.07) is 4.50. The number of rotatable bonds is 3. The second-order valence-corrected chi connectivity index (χ2v) is 5.31. The summed E-state index contributed by atoms with van der Waals surface area (Å²) in [5, 5.41) is 13.0. The van der Waals surface area contributed by atoms with Crippen molar-refractivity contribution in [1.82, 2.24) is 5.32 Å². The lowest BCUT2D eigenvalue weighted by molar-refractivity contribution is 0.0941. The molecular formula is C14H18ClNO2. The summed E-state index contributed by atoms with van der Waals surface area (Å²) in [5.74, 6) is 0.296. The number of hydrogen-bond acceptors (Lipinski definition) is 2. The maximum absolute atomic E-state index is 11.9. The van der Waals surface area contributed by atoms with Gasteiger partial charge in [-0.3, -0.25) is 4.79 Å². The van der Waals surface area contributed by atoms with Crippen LogP contribution in [0.1, 0.15) is 42.5 Å². The Morgan fingerprint density at radius 1 is 1.33 bits per heavy atom. The molecule has 3 nitrogen and oxygen atoms in total. The third kappa shape index (κ3) is 3.39. The topological polar surface area (TPSA) is 49.3 Å². The van der Waals surface area contributed by atoms with Crippen LogP contribution in [0.5, 0.6) is 5.75 Å². The van der Waals surface area contributed by atoms with Gasteiger partial charge in [0.05, 0.1) is 5.56 Å². The summed E-state index contributed by atoms with van der Waals surface area (Å²) in [5.41, 5.74) is 0.248. The molecular weight excluding hydrogens is 250 g/mol. The van der Waals surface area contributed by atoms with E-state index in [0.717, 1.165) is 0 Å². The summed E-state index contributed by atoms with van der Waals surface area (Å²) in [7, 11) is 0. The quantitative estimate of drug-likeness (QED) is 0.882. The van der Waals surface area contributed by atoms with Crippen molar-refractivity contribution in [2.45, 2.75) is 32.1 Å². The number of carbonyl (C=O) groups excluding carboxylic acids is 1. The van der Waals surface area contributed by atoms with E-state index in [9.17, 15) is 9.90 Å². The van der Waals surface area contributed by atoms with E-state index in [-0.39, 0.29) is 17.2 Å². The van der Waals surface area contributed by atoms with Gasteiger partial charge in [-0.25, -0.2) is 0 Å². The van der Waals surface area contributed by atoms with Gasteiger partial charge in [-0.1, -0.05) is 30.9 Å². The van der Waals surface area contributed by atoms with Crippen LogP contribution in [0.15, 0.2) is 18.2 Å². The van der Waals surface area contributed by atoms with Gasteiger partial charge >= 0.3 is 0 Å². The normalized spacial score (nSPS) is 16.5. The fourth-order valence-corrected chi connectivity index (χ4v) is 2.59. The first kappa shape index (κ1) is 13.2. The Labute approximate surface area is 112 Å². The van der Waals surface area contributed by atoms with E-state index in [4.69, 9.17) is 11.6 Å². The average Bonchev–Trinajstić information content (AvgIpc) is 2.40. The van der Waals surface area contributed by atoms with E-state index in [0.29, 0.717) is 17.5 Å². The first-order valence-electron chi connectivity index (χ1n) is 6.43. The van der Waals surface area contributed by atoms with Crippen LogP contribution in [0.2, 0.25) is 5.02 Å². The molecule has 0 heterocycles. The van der Waals surface area contributed by atoms with Gasteiger partial charge in [-0.05, 0) is 37.0 Å². The van der Waals surface area contributed by atoms with Crippen LogP contribution >= 0.6 is 11.6 Å². The molecule has 1 aromatic rings. The number of amides is 1. The maximum Gasteiger partial charge on any atom is 0.255 e. The maximum atomic E-state index is 11.9. The number of nitrogens with one attached hydrogen (secondary N) is 1. The highest BCUT2D eigenvalue weighted by Gasteiger charge is 2.16. The second-order valence-electron chi connectivity index (χ2n) is 4.88. The molecule has 0 spiro atoms. The smallest absolute Gasteiger partial charge is 0.255 e. The molecule has 1 fully saturated rings. The first-order chi connectivity index (χ1) is 8.66. The zero-order valence-corrected chi connectivity index (χ0v) is 11.0. The molecule has 1 amide bonds. The number of carbonyl (C=O) groups is 1. The zero-order chi connectivity index (χ0) is 13.0. The van der Waals surface area contributed by atoms with Crippen LogP contribution in [-0.2, 0) is 0 Å². The van der Waals surface area contributed by atoms with E-state index in [2.05, 4.69) is 5.32 Å². The van der Waals surface area contributed by atoms with Gasteiger partial charge in [0.1, 0.15) is 5.75 Å². The minimum Gasteiger partial charge on any atom is -0.507 e. The lowest BCUT2D eigenvalue weighted by Gasteiger charge is -2.21. The molecule has 2 rings (SSSR count). The van der Waals surface area contributed by atoms with E-state index in [1.165, 1.54) is 44.2 Å². The summed E-state index contributed by atoms with van der Waals surface area (Å²) in [6.45, 7) is 0.685. The lowest BCUT2D eigenvalue weighted by Crippen LogP contribution is -2.30. The van der Waals surface area contributed by atoms with E-state index in [1.54, 1.807) is 6.07 Å². The van der Waals surface area contributed by atoms with Crippen LogP contribution in [0.3, 0.4) is 0 Å². The fraction of sp³-hybridized carbons (Fsp3) is 0.500. The van der Waals surface area contributed by atoms with Crippen molar-refractivity contribution >= 4 is 17.5 Å². The minimum atomic E-state index is -0.249. The van der Waals surface area contributed by atoms with Crippen molar-refractivity contribution in [3.05, 3.63) is 28.8 Å². The van der Waals surface area contributed by atoms with Gasteiger partial charge in [0.25, 0.3) is 5.91 Å². The summed E-state index contributed by atoms with van der Waals surface area (Å²) >= 11 is 5.82. The monoisotopic (exact) mass is 267 g/mol. The molecule has 1 aromatic carbocycles. The van der Waals surface area contributed by atoms with Gasteiger partial charge in [-0.2, -0.15) is 0 Å². The van der Waals surface area contributed by atoms with Gasteiger partial charge in [0.2, 0.25) is 0 Å². The largest absolute Gasteiger partial charge is 0.507 e. The standard InChI is InChI=1S/C14H18ClNO2/c15-11-6-7-13(17)12(8-11)14(18)16-9-10-4-2-1-3-5-10/h6-8,10,17H,1-5,9H2,(H,16,18). The molecule has 0 radical (unpaired) electrons. The summed E-state index contributed by atoms with van der Waals surface area (Å²) < 4.78 is 0. The number of aromatic hydroxyl groups is 1. The number of phenolic OH excluding ortho intramolecular Hbond substituents is 1. The molecule has 0 atom stereocenters. The Kier molecular flexibility index (Phi) is 4.48. The molecule has 98 valence electrons. The lowest BCUT2D eigenvalue weighted by atomic mass is 9.89. The van der Waals surface area contributed by atoms with Crippen LogP contribution < -0.4 is 5.32 Å². The fourth-order valence-electron chi connectivity index (χ4n) is 2.41. The molecule has 0 aliphatic heterocycles. The molecule has 4 heteroatoms. The van der Waals surface area contributed by atoms with Crippen LogP contribution in [0, 0.1) is 5.92 Å². The molecule has 0 bridgehead atoms. The first-order valence-corrected chi connectivity index (χ1v) is 6.81. The Morgan fingerprint density at radius 3 is 2.78 bits per heavy atom. The van der Waals surface area contributed by atoms with E-state index >= 15 is 0 Å². The molecule has 0 saturated heterocycles. The van der Waals surface area contributed by atoms with E-state index < -0.39 is 0 Å². The second kappa shape index (κ2) is 6.10.